The summed E-state index contributed by atoms with van der Waals surface area (Å²) in [7, 11) is 4.28. The number of rotatable bonds is 6. The first-order valence-electron chi connectivity index (χ1n) is 8.96. The van der Waals surface area contributed by atoms with Crippen LogP contribution in [0.15, 0.2) is 35.5 Å². The molecule has 11 nitrogen and oxygen atoms in total. The van der Waals surface area contributed by atoms with Gasteiger partial charge in [0.1, 0.15) is 0 Å². The molecular formula is C20H23N3O8. The number of nitrogens with zero attached hydrogens (tertiary/aromatic N) is 2. The second-order valence-electron chi connectivity index (χ2n) is 6.24. The van der Waals surface area contributed by atoms with Crippen LogP contribution in [0.4, 0.5) is 17.1 Å². The summed E-state index contributed by atoms with van der Waals surface area (Å²) in [5.41, 5.74) is 6.59. The summed E-state index contributed by atoms with van der Waals surface area (Å²) in [6.45, 7) is 1.49. The molecule has 2 aromatic carbocycles. The summed E-state index contributed by atoms with van der Waals surface area (Å²) >= 11 is 0. The molecule has 1 amide bonds. The molecule has 3 N–H and O–H groups in total. The van der Waals surface area contributed by atoms with E-state index in [9.17, 15) is 19.6 Å². The molecule has 31 heavy (non-hydrogen) atoms. The zero-order valence-corrected chi connectivity index (χ0v) is 17.4. The fourth-order valence-corrected chi connectivity index (χ4v) is 2.84. The lowest BCUT2D eigenvalue weighted by Gasteiger charge is -2.37. The minimum absolute atomic E-state index is 0.134. The van der Waals surface area contributed by atoms with Crippen LogP contribution >= 0.6 is 0 Å². The number of carbonyl (C=O) groups is 2. The number of esters is 1. The highest BCUT2D eigenvalue weighted by atomic mass is 16.6. The number of β-lactam (4-membered cyclic amide) rings is 1. The second-order valence-corrected chi connectivity index (χ2v) is 6.24. The van der Waals surface area contributed by atoms with Crippen molar-refractivity contribution in [3.63, 3.8) is 0 Å². The first-order chi connectivity index (χ1) is 14.8. The van der Waals surface area contributed by atoms with Crippen molar-refractivity contribution in [2.24, 2.45) is 5.18 Å². The van der Waals surface area contributed by atoms with Gasteiger partial charge in [-0.2, -0.15) is 0 Å². The smallest absolute Gasteiger partial charge is 0.303 e. The molecule has 1 aliphatic rings. The summed E-state index contributed by atoms with van der Waals surface area (Å²) in [6.07, 6.45) is -0.761. The molecule has 0 unspecified atom stereocenters. The number of para-hydroxylation sites is 1. The number of amides is 1. The van der Waals surface area contributed by atoms with Crippen LogP contribution in [0.25, 0.3) is 0 Å². The molecule has 166 valence electrons. The Morgan fingerprint density at radius 2 is 1.84 bits per heavy atom. The summed E-state index contributed by atoms with van der Waals surface area (Å²) in [5.74, 6) is -0.134. The van der Waals surface area contributed by atoms with Gasteiger partial charge in [0.05, 0.1) is 39.2 Å². The molecule has 1 heterocycles. The van der Waals surface area contributed by atoms with E-state index in [2.05, 4.69) is 5.18 Å². The lowest BCUT2D eigenvalue weighted by Crippen LogP contribution is -2.58. The fraction of sp³-hybridized carbons (Fsp3) is 0.300. The Hall–Kier alpha value is -4.02. The average molecular weight is 433 g/mol. The average Bonchev–Trinajstić information content (AvgIpc) is 2.75. The van der Waals surface area contributed by atoms with Crippen LogP contribution in [0.1, 0.15) is 6.92 Å². The van der Waals surface area contributed by atoms with Crippen molar-refractivity contribution in [1.29, 1.82) is 0 Å². The highest BCUT2D eigenvalue weighted by Crippen LogP contribution is 2.41. The lowest BCUT2D eigenvalue weighted by atomic mass is 10.1. The van der Waals surface area contributed by atoms with E-state index >= 15 is 0 Å². The molecular weight excluding hydrogens is 410 g/mol. The molecule has 1 saturated heterocycles. The van der Waals surface area contributed by atoms with Crippen LogP contribution in [-0.4, -0.2) is 51.0 Å². The molecule has 1 aliphatic heterocycles. The van der Waals surface area contributed by atoms with Gasteiger partial charge in [0.25, 0.3) is 5.91 Å². The number of phenolic OH excluding ortho intramolecular Hbond substituents is 1. The van der Waals surface area contributed by atoms with Gasteiger partial charge in [-0.1, -0.05) is 6.07 Å². The molecule has 3 rings (SSSR count). The Labute approximate surface area is 178 Å². The summed E-state index contributed by atoms with van der Waals surface area (Å²) in [5, 5.41) is 12.6. The van der Waals surface area contributed by atoms with Crippen molar-refractivity contribution in [1.82, 2.24) is 0 Å². The first kappa shape index (κ1) is 23.3. The fourth-order valence-electron chi connectivity index (χ4n) is 2.84. The number of hydrogen-bond donors (Lipinski definition) is 2. The molecule has 1 atom stereocenters. The van der Waals surface area contributed by atoms with Crippen LogP contribution < -0.4 is 24.8 Å². The van der Waals surface area contributed by atoms with Gasteiger partial charge < -0.3 is 34.7 Å². The van der Waals surface area contributed by atoms with Crippen molar-refractivity contribution in [3.05, 3.63) is 35.2 Å². The van der Waals surface area contributed by atoms with Crippen LogP contribution in [0.2, 0.25) is 0 Å². The van der Waals surface area contributed by atoms with Crippen LogP contribution in [0, 0.1) is 4.91 Å². The van der Waals surface area contributed by atoms with E-state index in [0.717, 1.165) is 0 Å². The SMILES string of the molecule is COc1c(N)cccc1N=O.COc1cc(N2C[C@H](OC(C)=O)C2=O)cc(O)c1OC. The third kappa shape index (κ3) is 5.13. The number of carbonyl (C=O) groups excluding carboxylic acids is 2. The number of nitrogen functional groups attached to an aromatic ring is 1. The van der Waals surface area contributed by atoms with Crippen LogP contribution in [0.3, 0.4) is 0 Å². The minimum Gasteiger partial charge on any atom is -0.504 e. The molecule has 11 heteroatoms. The zero-order chi connectivity index (χ0) is 23.1. The van der Waals surface area contributed by atoms with Crippen molar-refractivity contribution in [2.45, 2.75) is 13.0 Å². The number of ether oxygens (including phenoxy) is 4. The van der Waals surface area contributed by atoms with Gasteiger partial charge in [-0.25, -0.2) is 0 Å². The largest absolute Gasteiger partial charge is 0.504 e. The lowest BCUT2D eigenvalue weighted by molar-refractivity contribution is -0.156. The molecule has 0 spiro atoms. The van der Waals surface area contributed by atoms with E-state index in [4.69, 9.17) is 24.7 Å². The van der Waals surface area contributed by atoms with Gasteiger partial charge >= 0.3 is 5.97 Å². The monoisotopic (exact) mass is 433 g/mol. The standard InChI is InChI=1S/C13H15NO6.C7H8N2O2/c1-7(15)20-11-6-14(13(11)17)8-4-9(16)12(19-3)10(5-8)18-2;1-11-7-5(8)3-2-4-6(7)9-10/h4-5,11,16H,6H2,1-3H3;2-4H,8H2,1H3/t11-;/m0./s1. The van der Waals surface area contributed by atoms with Gasteiger partial charge in [0.15, 0.2) is 29.0 Å². The van der Waals surface area contributed by atoms with Crippen molar-refractivity contribution < 1.29 is 33.6 Å². The number of anilines is 2. The van der Waals surface area contributed by atoms with E-state index in [1.807, 2.05) is 0 Å². The quantitative estimate of drug-likeness (QED) is 0.303. The van der Waals surface area contributed by atoms with Crippen molar-refractivity contribution >= 4 is 28.9 Å². The van der Waals surface area contributed by atoms with Gasteiger partial charge in [0.2, 0.25) is 5.75 Å². The topological polar surface area (TPSA) is 150 Å². The van der Waals surface area contributed by atoms with Gasteiger partial charge in [-0.05, 0) is 17.3 Å². The maximum Gasteiger partial charge on any atom is 0.303 e. The summed E-state index contributed by atoms with van der Waals surface area (Å²) in [4.78, 5) is 34.2. The summed E-state index contributed by atoms with van der Waals surface area (Å²) < 4.78 is 19.8. The molecule has 0 saturated carbocycles. The predicted molar refractivity (Wildman–Crippen MR) is 112 cm³/mol. The molecule has 0 radical (unpaired) electrons. The number of aromatic hydroxyl groups is 1. The predicted octanol–water partition coefficient (Wildman–Crippen LogP) is 2.36. The van der Waals surface area contributed by atoms with Crippen molar-refractivity contribution in [3.8, 4) is 23.0 Å². The van der Waals surface area contributed by atoms with E-state index in [-0.39, 0.29) is 29.6 Å². The van der Waals surface area contributed by atoms with Gasteiger partial charge in [0, 0.05) is 19.1 Å². The van der Waals surface area contributed by atoms with Crippen molar-refractivity contribution in [2.75, 3.05) is 38.5 Å². The first-order valence-corrected chi connectivity index (χ1v) is 8.96. The Bertz CT molecular complexity index is 979. The van der Waals surface area contributed by atoms with Crippen LogP contribution in [-0.2, 0) is 14.3 Å². The second kappa shape index (κ2) is 10.1. The van der Waals surface area contributed by atoms with E-state index < -0.39 is 12.1 Å². The van der Waals surface area contributed by atoms with E-state index in [1.165, 1.54) is 39.2 Å². The number of phenols is 1. The van der Waals surface area contributed by atoms with E-state index in [1.54, 1.807) is 24.3 Å². The Morgan fingerprint density at radius 1 is 1.16 bits per heavy atom. The molecule has 0 aliphatic carbocycles. The van der Waals surface area contributed by atoms with Gasteiger partial charge in [-0.3, -0.25) is 9.59 Å². The molecule has 0 aromatic heterocycles. The molecule has 0 bridgehead atoms. The Kier molecular flexibility index (Phi) is 7.61. The number of nitroso groups, excluding NO2 is 1. The zero-order valence-electron chi connectivity index (χ0n) is 17.4. The van der Waals surface area contributed by atoms with E-state index in [0.29, 0.717) is 22.9 Å². The van der Waals surface area contributed by atoms with Crippen LogP contribution in [0.5, 0.6) is 23.0 Å². The number of benzene rings is 2. The maximum atomic E-state index is 11.9. The molecule has 1 fully saturated rings. The third-order valence-electron chi connectivity index (χ3n) is 4.28. The maximum absolute atomic E-state index is 11.9. The highest BCUT2D eigenvalue weighted by molar-refractivity contribution is 6.04. The Balaban J connectivity index is 0.000000262. The Morgan fingerprint density at radius 3 is 2.32 bits per heavy atom. The minimum atomic E-state index is -0.761. The number of nitrogens with two attached hydrogens (primary N) is 1. The highest BCUT2D eigenvalue weighted by Gasteiger charge is 2.40. The number of methoxy groups -OCH3 is 3. The third-order valence-corrected chi connectivity index (χ3v) is 4.28. The molecule has 2 aromatic rings. The summed E-state index contributed by atoms with van der Waals surface area (Å²) in [6, 6.07) is 7.80. The number of hydrogen-bond acceptors (Lipinski definition) is 10. The normalized spacial score (nSPS) is 14.5. The van der Waals surface area contributed by atoms with Gasteiger partial charge in [-0.15, -0.1) is 4.91 Å².